The summed E-state index contributed by atoms with van der Waals surface area (Å²) in [6.45, 7) is 0. The van der Waals surface area contributed by atoms with E-state index in [0.29, 0.717) is 11.0 Å². The van der Waals surface area contributed by atoms with E-state index in [4.69, 9.17) is 4.74 Å². The van der Waals surface area contributed by atoms with E-state index in [1.54, 1.807) is 13.3 Å². The SMILES string of the molecule is COc1nc(Sc2cc3ccccc3[nH]2)ncc1Br. The Morgan fingerprint density at radius 1 is 1.32 bits per heavy atom. The maximum absolute atomic E-state index is 5.16. The number of aromatic amines is 1. The zero-order chi connectivity index (χ0) is 13.2. The summed E-state index contributed by atoms with van der Waals surface area (Å²) in [5.74, 6) is 0.536. The van der Waals surface area contributed by atoms with Crippen molar-refractivity contribution in [1.29, 1.82) is 0 Å². The minimum atomic E-state index is 0.536. The quantitative estimate of drug-likeness (QED) is 0.738. The van der Waals surface area contributed by atoms with Crippen LogP contribution in [0.15, 0.2) is 51.2 Å². The van der Waals surface area contributed by atoms with Crippen LogP contribution in [0, 0.1) is 0 Å². The highest BCUT2D eigenvalue weighted by molar-refractivity contribution is 9.10. The van der Waals surface area contributed by atoms with E-state index in [-0.39, 0.29) is 0 Å². The van der Waals surface area contributed by atoms with Gasteiger partial charge in [0, 0.05) is 17.1 Å². The van der Waals surface area contributed by atoms with Crippen molar-refractivity contribution >= 4 is 38.6 Å². The third kappa shape index (κ3) is 2.59. The first kappa shape index (κ1) is 12.5. The third-order valence-electron chi connectivity index (χ3n) is 2.59. The molecule has 96 valence electrons. The number of hydrogen-bond donors (Lipinski definition) is 1. The Balaban J connectivity index is 1.92. The number of H-pyrrole nitrogens is 1. The molecule has 0 radical (unpaired) electrons. The summed E-state index contributed by atoms with van der Waals surface area (Å²) in [6.07, 6.45) is 1.69. The van der Waals surface area contributed by atoms with Gasteiger partial charge in [-0.25, -0.2) is 4.98 Å². The average molecular weight is 336 g/mol. The number of aromatic nitrogens is 3. The second-order valence-corrected chi connectivity index (χ2v) is 5.70. The summed E-state index contributed by atoms with van der Waals surface area (Å²) in [5, 5.41) is 2.83. The Morgan fingerprint density at radius 3 is 2.95 bits per heavy atom. The molecule has 0 atom stereocenters. The molecule has 0 unspecified atom stereocenters. The number of benzene rings is 1. The predicted octanol–water partition coefficient (Wildman–Crippen LogP) is 3.88. The lowest BCUT2D eigenvalue weighted by Crippen LogP contribution is -1.93. The first-order chi connectivity index (χ1) is 9.26. The molecule has 1 N–H and O–H groups in total. The molecule has 0 saturated carbocycles. The van der Waals surface area contributed by atoms with Crippen molar-refractivity contribution in [1.82, 2.24) is 15.0 Å². The molecule has 1 aromatic carbocycles. The van der Waals surface area contributed by atoms with Crippen LogP contribution in [0.4, 0.5) is 0 Å². The molecule has 4 nitrogen and oxygen atoms in total. The van der Waals surface area contributed by atoms with Gasteiger partial charge in [0.1, 0.15) is 0 Å². The maximum atomic E-state index is 5.16. The van der Waals surface area contributed by atoms with Crippen LogP contribution in [0.3, 0.4) is 0 Å². The van der Waals surface area contributed by atoms with Crippen LogP contribution in [-0.4, -0.2) is 22.1 Å². The van der Waals surface area contributed by atoms with Crippen LogP contribution in [0.2, 0.25) is 0 Å². The fraction of sp³-hybridized carbons (Fsp3) is 0.0769. The summed E-state index contributed by atoms with van der Waals surface area (Å²) in [4.78, 5) is 11.9. The molecular weight excluding hydrogens is 326 g/mol. The van der Waals surface area contributed by atoms with E-state index in [0.717, 1.165) is 15.0 Å². The molecule has 0 amide bonds. The zero-order valence-corrected chi connectivity index (χ0v) is 12.5. The van der Waals surface area contributed by atoms with Gasteiger partial charge >= 0.3 is 0 Å². The molecule has 3 rings (SSSR count). The number of para-hydroxylation sites is 1. The fourth-order valence-corrected chi connectivity index (χ4v) is 2.86. The molecule has 6 heteroatoms. The first-order valence-electron chi connectivity index (χ1n) is 5.58. The maximum Gasteiger partial charge on any atom is 0.231 e. The van der Waals surface area contributed by atoms with Gasteiger partial charge in [0.05, 0.1) is 16.6 Å². The number of rotatable bonds is 3. The molecule has 3 aromatic rings. The Hall–Kier alpha value is -1.53. The van der Waals surface area contributed by atoms with E-state index >= 15 is 0 Å². The minimum Gasteiger partial charge on any atom is -0.480 e. The summed E-state index contributed by atoms with van der Waals surface area (Å²) in [7, 11) is 1.59. The topological polar surface area (TPSA) is 50.8 Å². The van der Waals surface area contributed by atoms with E-state index in [2.05, 4.69) is 43.0 Å². The van der Waals surface area contributed by atoms with E-state index in [9.17, 15) is 0 Å². The molecular formula is C13H10BrN3OS. The Morgan fingerprint density at radius 2 is 2.16 bits per heavy atom. The molecule has 0 saturated heterocycles. The number of hydrogen-bond acceptors (Lipinski definition) is 4. The van der Waals surface area contributed by atoms with Gasteiger partial charge in [-0.2, -0.15) is 4.98 Å². The van der Waals surface area contributed by atoms with E-state index in [1.807, 2.05) is 18.2 Å². The Labute approximate surface area is 122 Å². The minimum absolute atomic E-state index is 0.536. The van der Waals surface area contributed by atoms with Gasteiger partial charge in [-0.05, 0) is 39.8 Å². The lowest BCUT2D eigenvalue weighted by atomic mass is 10.3. The predicted molar refractivity (Wildman–Crippen MR) is 78.7 cm³/mol. The first-order valence-corrected chi connectivity index (χ1v) is 7.19. The number of methoxy groups -OCH3 is 1. The number of fused-ring (bicyclic) bond motifs is 1. The van der Waals surface area contributed by atoms with Crippen LogP contribution < -0.4 is 4.74 Å². The molecule has 0 aliphatic carbocycles. The molecule has 0 bridgehead atoms. The van der Waals surface area contributed by atoms with Gasteiger partial charge in [0.15, 0.2) is 5.16 Å². The largest absolute Gasteiger partial charge is 0.480 e. The van der Waals surface area contributed by atoms with Gasteiger partial charge in [-0.15, -0.1) is 0 Å². The second-order valence-electron chi connectivity index (χ2n) is 3.83. The third-order valence-corrected chi connectivity index (χ3v) is 3.95. The molecule has 0 spiro atoms. The van der Waals surface area contributed by atoms with Gasteiger partial charge in [0.25, 0.3) is 0 Å². The van der Waals surface area contributed by atoms with Crippen LogP contribution >= 0.6 is 27.7 Å². The summed E-state index contributed by atoms with van der Waals surface area (Å²) in [5.41, 5.74) is 1.11. The summed E-state index contributed by atoms with van der Waals surface area (Å²) < 4.78 is 5.91. The summed E-state index contributed by atoms with van der Waals surface area (Å²) in [6, 6.07) is 10.2. The molecule has 0 fully saturated rings. The average Bonchev–Trinajstić information content (AvgIpc) is 2.83. The summed E-state index contributed by atoms with van der Waals surface area (Å²) >= 11 is 4.81. The van der Waals surface area contributed by atoms with Crippen molar-refractivity contribution in [2.24, 2.45) is 0 Å². The highest BCUT2D eigenvalue weighted by Gasteiger charge is 2.08. The van der Waals surface area contributed by atoms with Crippen LogP contribution in [0.5, 0.6) is 5.88 Å². The van der Waals surface area contributed by atoms with Crippen molar-refractivity contribution in [3.8, 4) is 5.88 Å². The van der Waals surface area contributed by atoms with Crippen molar-refractivity contribution in [3.05, 3.63) is 41.0 Å². The zero-order valence-electron chi connectivity index (χ0n) is 10.1. The fourth-order valence-electron chi connectivity index (χ4n) is 1.73. The molecule has 2 heterocycles. The van der Waals surface area contributed by atoms with Crippen LogP contribution in [0.1, 0.15) is 0 Å². The number of nitrogens with one attached hydrogen (secondary N) is 1. The van der Waals surface area contributed by atoms with Gasteiger partial charge in [-0.3, -0.25) is 0 Å². The lowest BCUT2D eigenvalue weighted by Gasteiger charge is -2.03. The van der Waals surface area contributed by atoms with Crippen molar-refractivity contribution in [3.63, 3.8) is 0 Å². The van der Waals surface area contributed by atoms with Gasteiger partial charge in [-0.1, -0.05) is 18.2 Å². The van der Waals surface area contributed by atoms with Crippen molar-refractivity contribution < 1.29 is 4.74 Å². The van der Waals surface area contributed by atoms with Crippen molar-refractivity contribution in [2.75, 3.05) is 7.11 Å². The molecule has 2 aromatic heterocycles. The number of ether oxygens (including phenoxy) is 1. The standard InChI is InChI=1S/C13H10BrN3OS/c1-18-12-9(14)7-15-13(17-12)19-11-6-8-4-2-3-5-10(8)16-11/h2-7,16H,1H3. The van der Waals surface area contributed by atoms with Crippen LogP contribution in [0.25, 0.3) is 10.9 Å². The van der Waals surface area contributed by atoms with Crippen molar-refractivity contribution in [2.45, 2.75) is 10.2 Å². The number of nitrogens with zero attached hydrogens (tertiary/aromatic N) is 2. The second kappa shape index (κ2) is 5.22. The van der Waals surface area contributed by atoms with Crippen LogP contribution in [-0.2, 0) is 0 Å². The highest BCUT2D eigenvalue weighted by Crippen LogP contribution is 2.30. The van der Waals surface area contributed by atoms with Gasteiger partial charge in [0.2, 0.25) is 5.88 Å². The lowest BCUT2D eigenvalue weighted by molar-refractivity contribution is 0.389. The highest BCUT2D eigenvalue weighted by atomic mass is 79.9. The Kier molecular flexibility index (Phi) is 3.44. The normalized spacial score (nSPS) is 10.8. The molecule has 19 heavy (non-hydrogen) atoms. The van der Waals surface area contributed by atoms with E-state index in [1.165, 1.54) is 17.1 Å². The van der Waals surface area contributed by atoms with E-state index < -0.39 is 0 Å². The number of halogens is 1. The molecule has 0 aliphatic heterocycles. The van der Waals surface area contributed by atoms with Gasteiger partial charge < -0.3 is 9.72 Å². The smallest absolute Gasteiger partial charge is 0.231 e. The molecule has 0 aliphatic rings. The monoisotopic (exact) mass is 335 g/mol. The Bertz CT molecular complexity index is 696.